The van der Waals surface area contributed by atoms with Crippen molar-refractivity contribution in [3.05, 3.63) is 35.4 Å². The van der Waals surface area contributed by atoms with Crippen LogP contribution in [0.1, 0.15) is 32.3 Å². The summed E-state index contributed by atoms with van der Waals surface area (Å²) in [7, 11) is 0. The van der Waals surface area contributed by atoms with Crippen LogP contribution in [0.25, 0.3) is 0 Å². The number of nitrogens with zero attached hydrogens (tertiary/aromatic N) is 2. The number of nitriles is 1. The van der Waals surface area contributed by atoms with E-state index in [2.05, 4.69) is 31.7 Å². The van der Waals surface area contributed by atoms with Gasteiger partial charge in [0.05, 0.1) is 12.0 Å². The first-order valence-corrected chi connectivity index (χ1v) is 6.42. The number of rotatable bonds is 1. The molecule has 1 aliphatic rings. The molecule has 0 amide bonds. The molecule has 0 bridgehead atoms. The molecule has 1 fully saturated rings. The van der Waals surface area contributed by atoms with Gasteiger partial charge in [-0.3, -0.25) is 4.90 Å². The van der Waals surface area contributed by atoms with Crippen LogP contribution in [0.4, 0.5) is 8.78 Å². The van der Waals surface area contributed by atoms with Gasteiger partial charge in [-0.05, 0) is 38.5 Å². The average Bonchev–Trinajstić information content (AvgIpc) is 2.76. The van der Waals surface area contributed by atoms with Gasteiger partial charge in [-0.2, -0.15) is 5.26 Å². The van der Waals surface area contributed by atoms with Crippen molar-refractivity contribution in [2.24, 2.45) is 5.92 Å². The van der Waals surface area contributed by atoms with Crippen LogP contribution in [0, 0.1) is 28.9 Å². The van der Waals surface area contributed by atoms with Gasteiger partial charge in [0, 0.05) is 24.5 Å². The molecule has 102 valence electrons. The van der Waals surface area contributed by atoms with E-state index in [1.807, 2.05) is 0 Å². The molecule has 1 saturated heterocycles. The van der Waals surface area contributed by atoms with Crippen molar-refractivity contribution in [2.75, 3.05) is 13.1 Å². The summed E-state index contributed by atoms with van der Waals surface area (Å²) < 4.78 is 26.3. The summed E-state index contributed by atoms with van der Waals surface area (Å²) in [6, 6.07) is 6.23. The first kappa shape index (κ1) is 14.0. The Balaban J connectivity index is 2.28. The van der Waals surface area contributed by atoms with Crippen molar-refractivity contribution >= 4 is 0 Å². The van der Waals surface area contributed by atoms with Gasteiger partial charge in [0.1, 0.15) is 0 Å². The summed E-state index contributed by atoms with van der Waals surface area (Å²) in [5.74, 6) is -1.92. The van der Waals surface area contributed by atoms with E-state index < -0.39 is 11.6 Å². The lowest BCUT2D eigenvalue weighted by atomic mass is 9.90. The summed E-state index contributed by atoms with van der Waals surface area (Å²) >= 11 is 0. The van der Waals surface area contributed by atoms with E-state index >= 15 is 0 Å². The van der Waals surface area contributed by atoms with E-state index in [4.69, 9.17) is 0 Å². The minimum Gasteiger partial charge on any atom is -0.297 e. The Labute approximate surface area is 112 Å². The summed E-state index contributed by atoms with van der Waals surface area (Å²) in [5, 5.41) is 9.26. The van der Waals surface area contributed by atoms with Gasteiger partial charge >= 0.3 is 0 Å². The molecule has 1 aliphatic heterocycles. The molecule has 0 aliphatic carbocycles. The van der Waals surface area contributed by atoms with E-state index in [9.17, 15) is 14.0 Å². The fraction of sp³-hybridized carbons (Fsp3) is 0.533. The van der Waals surface area contributed by atoms with Gasteiger partial charge < -0.3 is 0 Å². The van der Waals surface area contributed by atoms with Crippen LogP contribution in [-0.4, -0.2) is 23.5 Å². The highest BCUT2D eigenvalue weighted by Crippen LogP contribution is 2.36. The fourth-order valence-electron chi connectivity index (χ4n) is 2.56. The lowest BCUT2D eigenvalue weighted by molar-refractivity contribution is 0.170. The number of halogens is 2. The zero-order chi connectivity index (χ0) is 14.2. The molecule has 0 spiro atoms. The minimum atomic E-state index is -0.845. The minimum absolute atomic E-state index is 0.0254. The predicted octanol–water partition coefficient (Wildman–Crippen LogP) is 3.30. The van der Waals surface area contributed by atoms with Crippen molar-refractivity contribution in [3.63, 3.8) is 0 Å². The second-order valence-corrected chi connectivity index (χ2v) is 6.09. The molecule has 0 N–H and O–H groups in total. The lowest BCUT2D eigenvalue weighted by Crippen LogP contribution is -2.39. The Hall–Kier alpha value is -1.47. The van der Waals surface area contributed by atoms with Crippen LogP contribution >= 0.6 is 0 Å². The first-order chi connectivity index (χ1) is 8.82. The maximum atomic E-state index is 13.3. The van der Waals surface area contributed by atoms with E-state index in [0.717, 1.165) is 6.07 Å². The predicted molar refractivity (Wildman–Crippen MR) is 69.5 cm³/mol. The topological polar surface area (TPSA) is 27.0 Å². The largest absolute Gasteiger partial charge is 0.297 e. The van der Waals surface area contributed by atoms with Gasteiger partial charge in [-0.25, -0.2) is 8.78 Å². The molecule has 0 unspecified atom stereocenters. The van der Waals surface area contributed by atoms with Crippen LogP contribution in [0.2, 0.25) is 0 Å². The van der Waals surface area contributed by atoms with Crippen molar-refractivity contribution < 1.29 is 8.78 Å². The third-order valence-electron chi connectivity index (χ3n) is 3.81. The Morgan fingerprint density at radius 1 is 1.21 bits per heavy atom. The van der Waals surface area contributed by atoms with Crippen molar-refractivity contribution in [2.45, 2.75) is 32.2 Å². The highest BCUT2D eigenvalue weighted by molar-refractivity contribution is 5.26. The summed E-state index contributed by atoms with van der Waals surface area (Å²) in [6.07, 6.45) is 0. The Kier molecular flexibility index (Phi) is 3.60. The number of hydrogen-bond acceptors (Lipinski definition) is 2. The number of hydrogen-bond donors (Lipinski definition) is 0. The summed E-state index contributed by atoms with van der Waals surface area (Å²) in [5.41, 5.74) is 0.680. The smallest absolute Gasteiger partial charge is 0.159 e. The number of likely N-dealkylation sites (tertiary alicyclic amines) is 1. The Morgan fingerprint density at radius 3 is 2.42 bits per heavy atom. The van der Waals surface area contributed by atoms with Gasteiger partial charge in [-0.1, -0.05) is 6.07 Å². The molecule has 0 radical (unpaired) electrons. The molecule has 0 saturated carbocycles. The molecule has 1 aromatic rings. The molecule has 1 heterocycles. The zero-order valence-electron chi connectivity index (χ0n) is 11.5. The van der Waals surface area contributed by atoms with E-state index in [1.54, 1.807) is 6.07 Å². The van der Waals surface area contributed by atoms with E-state index in [-0.39, 0.29) is 17.4 Å². The van der Waals surface area contributed by atoms with Crippen LogP contribution in [0.5, 0.6) is 0 Å². The highest BCUT2D eigenvalue weighted by atomic mass is 19.2. The molecule has 0 aromatic heterocycles. The molecule has 2 nitrogen and oxygen atoms in total. The van der Waals surface area contributed by atoms with Crippen molar-refractivity contribution in [3.8, 4) is 6.07 Å². The van der Waals surface area contributed by atoms with Crippen molar-refractivity contribution in [1.29, 1.82) is 5.26 Å². The Bertz CT molecular complexity index is 514. The molecule has 4 heteroatoms. The third kappa shape index (κ3) is 2.76. The molecular weight excluding hydrogens is 246 g/mol. The first-order valence-electron chi connectivity index (χ1n) is 6.42. The maximum absolute atomic E-state index is 13.3. The van der Waals surface area contributed by atoms with Gasteiger partial charge in [0.25, 0.3) is 0 Å². The SMILES string of the molecule is CC(C)(C)N1C[C@H](c2ccc(F)c(F)c2)[C@@H](C#N)C1. The van der Waals surface area contributed by atoms with Gasteiger partial charge in [0.15, 0.2) is 11.6 Å². The quantitative estimate of drug-likeness (QED) is 0.778. The normalized spacial score (nSPS) is 24.4. The molecule has 2 rings (SSSR count). The van der Waals surface area contributed by atoms with Crippen molar-refractivity contribution in [1.82, 2.24) is 4.90 Å². The third-order valence-corrected chi connectivity index (χ3v) is 3.81. The van der Waals surface area contributed by atoms with Crippen LogP contribution < -0.4 is 0 Å². The molecule has 19 heavy (non-hydrogen) atoms. The van der Waals surface area contributed by atoms with Gasteiger partial charge in [0.2, 0.25) is 0 Å². The molecular formula is C15H18F2N2. The van der Waals surface area contributed by atoms with E-state index in [1.165, 1.54) is 6.07 Å². The summed E-state index contributed by atoms with van der Waals surface area (Å²) in [4.78, 5) is 2.22. The standard InChI is InChI=1S/C15H18F2N2/c1-15(2,3)19-8-11(7-18)12(9-19)10-4-5-13(16)14(17)6-10/h4-6,11-12H,8-9H2,1-3H3/t11-,12+/m0/s1. The Morgan fingerprint density at radius 2 is 1.89 bits per heavy atom. The maximum Gasteiger partial charge on any atom is 0.159 e. The zero-order valence-corrected chi connectivity index (χ0v) is 11.5. The average molecular weight is 264 g/mol. The lowest BCUT2D eigenvalue weighted by Gasteiger charge is -2.31. The summed E-state index contributed by atoms with van der Waals surface area (Å²) in [6.45, 7) is 7.65. The van der Waals surface area contributed by atoms with Crippen LogP contribution in [0.15, 0.2) is 18.2 Å². The molecule has 1 aromatic carbocycles. The number of benzene rings is 1. The second kappa shape index (κ2) is 4.90. The second-order valence-electron chi connectivity index (χ2n) is 6.09. The van der Waals surface area contributed by atoms with E-state index in [0.29, 0.717) is 18.7 Å². The monoisotopic (exact) mass is 264 g/mol. The van der Waals surface area contributed by atoms with Crippen LogP contribution in [-0.2, 0) is 0 Å². The fourth-order valence-corrected chi connectivity index (χ4v) is 2.56. The highest BCUT2D eigenvalue weighted by Gasteiger charge is 2.38. The van der Waals surface area contributed by atoms with Crippen LogP contribution in [0.3, 0.4) is 0 Å². The van der Waals surface area contributed by atoms with Gasteiger partial charge in [-0.15, -0.1) is 0 Å². The molecule has 2 atom stereocenters.